The van der Waals surface area contributed by atoms with Gasteiger partial charge in [0.25, 0.3) is 0 Å². The lowest BCUT2D eigenvalue weighted by Gasteiger charge is -2.34. The fourth-order valence-electron chi connectivity index (χ4n) is 2.90. The maximum Gasteiger partial charge on any atom is 0.408 e. The predicted octanol–water partition coefficient (Wildman–Crippen LogP) is 1.48. The zero-order chi connectivity index (χ0) is 21.2. The van der Waals surface area contributed by atoms with Crippen LogP contribution >= 0.6 is 0 Å². The first-order valence-electron chi connectivity index (χ1n) is 10.5. The summed E-state index contributed by atoms with van der Waals surface area (Å²) >= 11 is 0. The number of ether oxygens (including phenoxy) is 1. The van der Waals surface area contributed by atoms with Gasteiger partial charge in [0, 0.05) is 45.8 Å². The zero-order valence-electron chi connectivity index (χ0n) is 19.0. The number of likely N-dealkylation sites (N-methyl/N-ethyl adjacent to an activating group) is 1. The van der Waals surface area contributed by atoms with Gasteiger partial charge in [-0.25, -0.2) is 4.79 Å². The first-order chi connectivity index (χ1) is 13.0. The highest BCUT2D eigenvalue weighted by molar-refractivity contribution is 5.79. The highest BCUT2D eigenvalue weighted by Crippen LogP contribution is 2.09. The standard InChI is InChI=1S/C20H42N6O2/c1-8-21-17(22-10-11-26-14-12-25(9-2)13-15-26)23-16-20(6,7)24-18(27)28-19(3,4)5/h8-16H2,1-7H3,(H,24,27)(H2,21,22,23). The van der Waals surface area contributed by atoms with Crippen molar-refractivity contribution in [1.29, 1.82) is 0 Å². The molecule has 0 radical (unpaired) electrons. The molecule has 8 heteroatoms. The summed E-state index contributed by atoms with van der Waals surface area (Å²) in [6.07, 6.45) is -0.420. The smallest absolute Gasteiger partial charge is 0.408 e. The van der Waals surface area contributed by atoms with E-state index in [1.807, 2.05) is 41.5 Å². The van der Waals surface area contributed by atoms with Crippen molar-refractivity contribution >= 4 is 12.1 Å². The minimum absolute atomic E-state index is 0.420. The maximum absolute atomic E-state index is 12.0. The molecule has 0 unspecified atom stereocenters. The number of hydrogen-bond acceptors (Lipinski definition) is 5. The molecule has 0 bridgehead atoms. The Morgan fingerprint density at radius 1 is 1.00 bits per heavy atom. The summed E-state index contributed by atoms with van der Waals surface area (Å²) < 4.78 is 5.34. The van der Waals surface area contributed by atoms with E-state index in [9.17, 15) is 4.79 Å². The third kappa shape index (κ3) is 10.7. The number of guanidine groups is 1. The molecule has 0 aromatic carbocycles. The molecular weight excluding hydrogens is 356 g/mol. The van der Waals surface area contributed by atoms with Gasteiger partial charge in [-0.2, -0.15) is 0 Å². The number of nitrogens with zero attached hydrogens (tertiary/aromatic N) is 3. The van der Waals surface area contributed by atoms with Crippen molar-refractivity contribution in [3.8, 4) is 0 Å². The van der Waals surface area contributed by atoms with Gasteiger partial charge in [-0.05, 0) is 48.1 Å². The van der Waals surface area contributed by atoms with Gasteiger partial charge in [-0.1, -0.05) is 6.92 Å². The third-order valence-electron chi connectivity index (χ3n) is 4.45. The number of hydrogen-bond donors (Lipinski definition) is 3. The minimum atomic E-state index is -0.511. The molecule has 1 heterocycles. The van der Waals surface area contributed by atoms with E-state index in [2.05, 4.69) is 37.7 Å². The second-order valence-corrected chi connectivity index (χ2v) is 8.91. The first kappa shape index (κ1) is 24.5. The first-order valence-corrected chi connectivity index (χ1v) is 10.5. The Morgan fingerprint density at radius 3 is 2.14 bits per heavy atom. The molecule has 1 aliphatic heterocycles. The van der Waals surface area contributed by atoms with E-state index in [4.69, 9.17) is 4.74 Å². The lowest BCUT2D eigenvalue weighted by molar-refractivity contribution is 0.0476. The molecule has 3 N–H and O–H groups in total. The second kappa shape index (κ2) is 11.5. The van der Waals surface area contributed by atoms with Crippen LogP contribution in [0.1, 0.15) is 48.5 Å². The fourth-order valence-corrected chi connectivity index (χ4v) is 2.90. The van der Waals surface area contributed by atoms with Crippen LogP contribution in [0.3, 0.4) is 0 Å². The van der Waals surface area contributed by atoms with E-state index in [-0.39, 0.29) is 0 Å². The van der Waals surface area contributed by atoms with Gasteiger partial charge < -0.3 is 25.6 Å². The Morgan fingerprint density at radius 2 is 1.61 bits per heavy atom. The molecule has 28 heavy (non-hydrogen) atoms. The molecule has 8 nitrogen and oxygen atoms in total. The van der Waals surface area contributed by atoms with Crippen molar-refractivity contribution in [3.05, 3.63) is 0 Å². The Hall–Kier alpha value is -1.54. The molecule has 1 amide bonds. The van der Waals surface area contributed by atoms with Crippen LogP contribution in [0, 0.1) is 0 Å². The van der Waals surface area contributed by atoms with Gasteiger partial charge >= 0.3 is 6.09 Å². The Labute approximate surface area is 171 Å². The molecule has 1 rings (SSSR count). The molecule has 1 saturated heterocycles. The van der Waals surface area contributed by atoms with Gasteiger partial charge in [-0.3, -0.25) is 9.89 Å². The van der Waals surface area contributed by atoms with E-state index >= 15 is 0 Å². The van der Waals surface area contributed by atoms with Gasteiger partial charge in [0.05, 0.1) is 12.1 Å². The zero-order valence-corrected chi connectivity index (χ0v) is 19.0. The van der Waals surface area contributed by atoms with Gasteiger partial charge in [0.1, 0.15) is 5.60 Å². The lowest BCUT2D eigenvalue weighted by atomic mass is 10.1. The monoisotopic (exact) mass is 398 g/mol. The highest BCUT2D eigenvalue weighted by atomic mass is 16.6. The number of nitrogens with one attached hydrogen (secondary N) is 3. The number of rotatable bonds is 8. The fraction of sp³-hybridized carbons (Fsp3) is 0.900. The number of amides is 1. The summed E-state index contributed by atoms with van der Waals surface area (Å²) in [5.41, 5.74) is -1.01. The Bertz CT molecular complexity index is 493. The summed E-state index contributed by atoms with van der Waals surface area (Å²) in [7, 11) is 0. The second-order valence-electron chi connectivity index (χ2n) is 8.91. The molecule has 0 aromatic rings. The van der Waals surface area contributed by atoms with E-state index in [1.165, 1.54) is 0 Å². The van der Waals surface area contributed by atoms with Gasteiger partial charge in [0.2, 0.25) is 0 Å². The van der Waals surface area contributed by atoms with Crippen molar-refractivity contribution in [2.24, 2.45) is 4.99 Å². The molecule has 0 atom stereocenters. The summed E-state index contributed by atoms with van der Waals surface area (Å²) in [6, 6.07) is 0. The SMILES string of the molecule is CCNC(=NCC(C)(C)NC(=O)OC(C)(C)C)NCCN1CCN(CC)CC1. The van der Waals surface area contributed by atoms with Crippen LogP contribution in [0.15, 0.2) is 4.99 Å². The summed E-state index contributed by atoms with van der Waals surface area (Å²) in [4.78, 5) is 21.6. The quantitative estimate of drug-likeness (QED) is 0.424. The summed E-state index contributed by atoms with van der Waals surface area (Å²) in [5, 5.41) is 9.56. The van der Waals surface area contributed by atoms with Gasteiger partial charge in [0.15, 0.2) is 5.96 Å². The normalized spacial score (nSPS) is 17.3. The molecule has 0 aromatic heterocycles. The molecule has 164 valence electrons. The van der Waals surface area contributed by atoms with Crippen LogP contribution < -0.4 is 16.0 Å². The van der Waals surface area contributed by atoms with E-state index in [0.717, 1.165) is 58.3 Å². The average Bonchev–Trinajstić information content (AvgIpc) is 2.58. The van der Waals surface area contributed by atoms with Crippen molar-refractivity contribution in [1.82, 2.24) is 25.8 Å². The predicted molar refractivity (Wildman–Crippen MR) is 116 cm³/mol. The molecular formula is C20H42N6O2. The van der Waals surface area contributed by atoms with Crippen molar-refractivity contribution in [3.63, 3.8) is 0 Å². The van der Waals surface area contributed by atoms with Crippen LogP contribution in [-0.4, -0.2) is 91.9 Å². The van der Waals surface area contributed by atoms with Crippen LogP contribution in [-0.2, 0) is 4.74 Å². The van der Waals surface area contributed by atoms with Crippen molar-refractivity contribution < 1.29 is 9.53 Å². The number of carbonyl (C=O) groups excluding carboxylic acids is 1. The highest BCUT2D eigenvalue weighted by Gasteiger charge is 2.24. The van der Waals surface area contributed by atoms with Crippen LogP contribution in [0.25, 0.3) is 0 Å². The van der Waals surface area contributed by atoms with Crippen LogP contribution in [0.2, 0.25) is 0 Å². The van der Waals surface area contributed by atoms with E-state index in [1.54, 1.807) is 0 Å². The van der Waals surface area contributed by atoms with Crippen LogP contribution in [0.5, 0.6) is 0 Å². The van der Waals surface area contributed by atoms with Crippen molar-refractivity contribution in [2.75, 3.05) is 58.9 Å². The molecule has 0 aliphatic carbocycles. The number of piperazine rings is 1. The number of alkyl carbamates (subject to hydrolysis) is 1. The third-order valence-corrected chi connectivity index (χ3v) is 4.45. The summed E-state index contributed by atoms with van der Waals surface area (Å²) in [5.74, 6) is 0.772. The number of carbonyl (C=O) groups is 1. The minimum Gasteiger partial charge on any atom is -0.444 e. The molecule has 1 aliphatic rings. The molecule has 0 spiro atoms. The number of aliphatic imine (C=N–C) groups is 1. The van der Waals surface area contributed by atoms with Crippen LogP contribution in [0.4, 0.5) is 4.79 Å². The topological polar surface area (TPSA) is 81.2 Å². The lowest BCUT2D eigenvalue weighted by Crippen LogP contribution is -2.50. The van der Waals surface area contributed by atoms with E-state index < -0.39 is 17.2 Å². The Balaban J connectivity index is 2.44. The molecule has 0 saturated carbocycles. The molecule has 1 fully saturated rings. The van der Waals surface area contributed by atoms with Gasteiger partial charge in [-0.15, -0.1) is 0 Å². The van der Waals surface area contributed by atoms with Crippen molar-refractivity contribution in [2.45, 2.75) is 59.6 Å². The maximum atomic E-state index is 12.0. The van der Waals surface area contributed by atoms with E-state index in [0.29, 0.717) is 6.54 Å². The summed E-state index contributed by atoms with van der Waals surface area (Å²) in [6.45, 7) is 22.5. The largest absolute Gasteiger partial charge is 0.444 e. The Kier molecular flexibility index (Phi) is 10.0. The average molecular weight is 399 g/mol.